The van der Waals surface area contributed by atoms with Crippen LogP contribution in [0.25, 0.3) is 6.08 Å². The van der Waals surface area contributed by atoms with E-state index >= 15 is 0 Å². The largest absolute Gasteiger partial charge is 0.451 e. The predicted octanol–water partition coefficient (Wildman–Crippen LogP) is 2.31. The van der Waals surface area contributed by atoms with Crippen LogP contribution in [0.4, 0.5) is 22.0 Å². The lowest BCUT2D eigenvalue weighted by atomic mass is 10.1. The molecule has 2 N–H and O–H groups in total. The smallest absolute Gasteiger partial charge is 0.402 e. The summed E-state index contributed by atoms with van der Waals surface area (Å²) in [6, 6.07) is 2.83. The standard InChI is InChI=1S/C16H14F5N5O/c17-10-1-2-12(18)9(5-10)6-11(22)7-14(27)25-3-4-26-13(8-25)23-24-15(26)16(19,20)21/h1-2,5-6H,3-4,7-8,22H2/b11-6-. The number of rotatable bonds is 3. The molecule has 0 atom stereocenters. The third-order valence-electron chi connectivity index (χ3n) is 4.01. The summed E-state index contributed by atoms with van der Waals surface area (Å²) in [5.41, 5.74) is 5.62. The lowest BCUT2D eigenvalue weighted by Gasteiger charge is -2.28. The van der Waals surface area contributed by atoms with Crippen LogP contribution in [0.5, 0.6) is 0 Å². The van der Waals surface area contributed by atoms with Crippen molar-refractivity contribution in [2.24, 2.45) is 5.73 Å². The SMILES string of the molecule is N/C(=C\c1cc(F)ccc1F)CC(=O)N1CCn2c(nnc2C(F)(F)F)C1. The van der Waals surface area contributed by atoms with Crippen molar-refractivity contribution in [1.29, 1.82) is 0 Å². The number of hydrogen-bond donors (Lipinski definition) is 1. The molecule has 6 nitrogen and oxygen atoms in total. The highest BCUT2D eigenvalue weighted by molar-refractivity contribution is 5.80. The summed E-state index contributed by atoms with van der Waals surface area (Å²) < 4.78 is 66.2. The molecule has 2 heterocycles. The fraction of sp³-hybridized carbons (Fsp3) is 0.312. The van der Waals surface area contributed by atoms with Crippen LogP contribution in [0.2, 0.25) is 0 Å². The first-order valence-corrected chi connectivity index (χ1v) is 7.83. The molecular weight excluding hydrogens is 373 g/mol. The second-order valence-electron chi connectivity index (χ2n) is 5.97. The van der Waals surface area contributed by atoms with Crippen LogP contribution >= 0.6 is 0 Å². The van der Waals surface area contributed by atoms with E-state index in [9.17, 15) is 26.7 Å². The number of aromatic nitrogens is 3. The van der Waals surface area contributed by atoms with Gasteiger partial charge in [-0.05, 0) is 24.3 Å². The molecule has 1 aromatic carbocycles. The van der Waals surface area contributed by atoms with Gasteiger partial charge in [0.25, 0.3) is 0 Å². The fourth-order valence-corrected chi connectivity index (χ4v) is 2.74. The second kappa shape index (κ2) is 6.97. The number of hydrogen-bond acceptors (Lipinski definition) is 4. The third-order valence-corrected chi connectivity index (χ3v) is 4.01. The zero-order valence-electron chi connectivity index (χ0n) is 13.8. The molecule has 27 heavy (non-hydrogen) atoms. The first kappa shape index (κ1) is 18.8. The quantitative estimate of drug-likeness (QED) is 0.820. The molecule has 1 aliphatic heterocycles. The summed E-state index contributed by atoms with van der Waals surface area (Å²) >= 11 is 0. The van der Waals surface area contributed by atoms with E-state index in [1.807, 2.05) is 0 Å². The Bertz CT molecular complexity index is 905. The Morgan fingerprint density at radius 2 is 1.96 bits per heavy atom. The Balaban J connectivity index is 1.70. The van der Waals surface area contributed by atoms with Crippen molar-refractivity contribution in [3.8, 4) is 0 Å². The van der Waals surface area contributed by atoms with Crippen molar-refractivity contribution >= 4 is 12.0 Å². The molecule has 3 rings (SSSR count). The number of carbonyl (C=O) groups is 1. The van der Waals surface area contributed by atoms with E-state index < -0.39 is 29.5 Å². The van der Waals surface area contributed by atoms with Gasteiger partial charge < -0.3 is 15.2 Å². The highest BCUT2D eigenvalue weighted by Gasteiger charge is 2.39. The molecular formula is C16H14F5N5O. The highest BCUT2D eigenvalue weighted by Crippen LogP contribution is 2.29. The fourth-order valence-electron chi connectivity index (χ4n) is 2.74. The number of amides is 1. The number of fused-ring (bicyclic) bond motifs is 1. The molecule has 0 bridgehead atoms. The van der Waals surface area contributed by atoms with E-state index in [0.717, 1.165) is 28.8 Å². The number of halogens is 5. The highest BCUT2D eigenvalue weighted by atomic mass is 19.4. The van der Waals surface area contributed by atoms with Gasteiger partial charge in [-0.25, -0.2) is 8.78 Å². The van der Waals surface area contributed by atoms with Crippen LogP contribution in [0, 0.1) is 11.6 Å². The third kappa shape index (κ3) is 4.07. The van der Waals surface area contributed by atoms with Crippen molar-refractivity contribution in [3.05, 3.63) is 52.7 Å². The zero-order valence-corrected chi connectivity index (χ0v) is 13.8. The molecule has 11 heteroatoms. The number of alkyl halides is 3. The van der Waals surface area contributed by atoms with Crippen molar-refractivity contribution in [1.82, 2.24) is 19.7 Å². The van der Waals surface area contributed by atoms with Crippen LogP contribution in [-0.2, 0) is 24.1 Å². The van der Waals surface area contributed by atoms with Crippen LogP contribution < -0.4 is 5.73 Å². The van der Waals surface area contributed by atoms with E-state index in [-0.39, 0.29) is 43.1 Å². The van der Waals surface area contributed by atoms with Crippen LogP contribution in [0.15, 0.2) is 23.9 Å². The van der Waals surface area contributed by atoms with Crippen LogP contribution in [0.1, 0.15) is 23.6 Å². The van der Waals surface area contributed by atoms with Crippen LogP contribution in [-0.4, -0.2) is 32.1 Å². The van der Waals surface area contributed by atoms with Gasteiger partial charge in [0.2, 0.25) is 11.7 Å². The van der Waals surface area contributed by atoms with E-state index in [1.165, 1.54) is 4.90 Å². The lowest BCUT2D eigenvalue weighted by molar-refractivity contribution is -0.148. The van der Waals surface area contributed by atoms with Gasteiger partial charge in [-0.1, -0.05) is 0 Å². The summed E-state index contributed by atoms with van der Waals surface area (Å²) in [7, 11) is 0. The number of nitrogens with zero attached hydrogens (tertiary/aromatic N) is 4. The van der Waals surface area contributed by atoms with E-state index in [0.29, 0.717) is 0 Å². The molecule has 0 aliphatic carbocycles. The van der Waals surface area contributed by atoms with Gasteiger partial charge in [-0.2, -0.15) is 13.2 Å². The van der Waals surface area contributed by atoms with Gasteiger partial charge in [0.05, 0.1) is 13.0 Å². The number of nitrogens with two attached hydrogens (primary N) is 1. The molecule has 0 saturated heterocycles. The minimum atomic E-state index is -4.63. The first-order chi connectivity index (χ1) is 12.6. The molecule has 0 radical (unpaired) electrons. The van der Waals surface area contributed by atoms with Crippen molar-refractivity contribution in [2.45, 2.75) is 25.7 Å². The zero-order chi connectivity index (χ0) is 19.8. The molecule has 2 aromatic rings. The van der Waals surface area contributed by atoms with Gasteiger partial charge in [-0.3, -0.25) is 4.79 Å². The Labute approximate surface area is 150 Å². The number of benzene rings is 1. The minimum Gasteiger partial charge on any atom is -0.402 e. The van der Waals surface area contributed by atoms with Gasteiger partial charge in [0.15, 0.2) is 5.82 Å². The molecule has 0 fully saturated rings. The van der Waals surface area contributed by atoms with Gasteiger partial charge in [-0.15, -0.1) is 10.2 Å². The Hall–Kier alpha value is -2.98. The second-order valence-corrected chi connectivity index (χ2v) is 5.97. The van der Waals surface area contributed by atoms with Gasteiger partial charge in [0, 0.05) is 24.4 Å². The molecule has 0 unspecified atom stereocenters. The van der Waals surface area contributed by atoms with Crippen molar-refractivity contribution in [2.75, 3.05) is 6.54 Å². The molecule has 1 aromatic heterocycles. The van der Waals surface area contributed by atoms with E-state index in [1.54, 1.807) is 0 Å². The predicted molar refractivity (Wildman–Crippen MR) is 83.6 cm³/mol. The van der Waals surface area contributed by atoms with Crippen LogP contribution in [0.3, 0.4) is 0 Å². The number of carbonyl (C=O) groups excluding carboxylic acids is 1. The molecule has 1 aliphatic rings. The maximum absolute atomic E-state index is 13.6. The van der Waals surface area contributed by atoms with E-state index in [2.05, 4.69) is 10.2 Å². The summed E-state index contributed by atoms with van der Waals surface area (Å²) in [6.45, 7) is -0.233. The average molecular weight is 387 g/mol. The van der Waals surface area contributed by atoms with Gasteiger partial charge >= 0.3 is 6.18 Å². The molecule has 1 amide bonds. The topological polar surface area (TPSA) is 77.0 Å². The Morgan fingerprint density at radius 1 is 1.22 bits per heavy atom. The normalized spacial score (nSPS) is 15.0. The molecule has 0 spiro atoms. The average Bonchev–Trinajstić information content (AvgIpc) is 3.01. The maximum Gasteiger partial charge on any atom is 0.451 e. The molecule has 0 saturated carbocycles. The summed E-state index contributed by atoms with van der Waals surface area (Å²) in [4.78, 5) is 13.6. The Kier molecular flexibility index (Phi) is 4.85. The Morgan fingerprint density at radius 3 is 2.67 bits per heavy atom. The van der Waals surface area contributed by atoms with E-state index in [4.69, 9.17) is 5.73 Å². The van der Waals surface area contributed by atoms with Crippen molar-refractivity contribution < 1.29 is 26.7 Å². The lowest BCUT2D eigenvalue weighted by Crippen LogP contribution is -2.39. The van der Waals surface area contributed by atoms with Gasteiger partial charge in [0.1, 0.15) is 11.6 Å². The minimum absolute atomic E-state index is 0.00693. The monoisotopic (exact) mass is 387 g/mol. The summed E-state index contributed by atoms with van der Waals surface area (Å²) in [5.74, 6) is -2.91. The maximum atomic E-state index is 13.6. The summed E-state index contributed by atoms with van der Waals surface area (Å²) in [6.07, 6.45) is -3.78. The first-order valence-electron chi connectivity index (χ1n) is 7.83. The van der Waals surface area contributed by atoms with Crippen molar-refractivity contribution in [3.63, 3.8) is 0 Å². The summed E-state index contributed by atoms with van der Waals surface area (Å²) in [5, 5.41) is 6.62. The molecule has 144 valence electrons.